The molecule has 16 heavy (non-hydrogen) atoms. The summed E-state index contributed by atoms with van der Waals surface area (Å²) in [6.45, 7) is 4.63. The molecule has 1 atom stereocenters. The van der Waals surface area contributed by atoms with E-state index in [1.54, 1.807) is 7.05 Å². The summed E-state index contributed by atoms with van der Waals surface area (Å²) in [5, 5.41) is 2.70. The first-order chi connectivity index (χ1) is 7.58. The van der Waals surface area contributed by atoms with Gasteiger partial charge < -0.3 is 11.1 Å². The van der Waals surface area contributed by atoms with Crippen LogP contribution in [0.3, 0.4) is 0 Å². The van der Waals surface area contributed by atoms with Crippen LogP contribution in [0.15, 0.2) is 0 Å². The molecular formula is C11H23N3OS. The zero-order chi connectivity index (χ0) is 12.2. The van der Waals surface area contributed by atoms with Gasteiger partial charge in [-0.1, -0.05) is 0 Å². The molecule has 0 spiro atoms. The fourth-order valence-electron chi connectivity index (χ4n) is 2.19. The van der Waals surface area contributed by atoms with Gasteiger partial charge in [-0.15, -0.1) is 0 Å². The highest BCUT2D eigenvalue weighted by Gasteiger charge is 2.35. The summed E-state index contributed by atoms with van der Waals surface area (Å²) in [6, 6.07) is -0.0253. The Kier molecular flexibility index (Phi) is 5.08. The molecule has 0 aromatic carbocycles. The van der Waals surface area contributed by atoms with Gasteiger partial charge in [0.1, 0.15) is 0 Å². The van der Waals surface area contributed by atoms with Crippen LogP contribution in [0.5, 0.6) is 0 Å². The van der Waals surface area contributed by atoms with Gasteiger partial charge in [-0.05, 0) is 26.0 Å². The van der Waals surface area contributed by atoms with Gasteiger partial charge >= 0.3 is 0 Å². The second-order valence-corrected chi connectivity index (χ2v) is 5.69. The molecule has 0 radical (unpaired) electrons. The number of likely N-dealkylation sites (tertiary alicyclic amines) is 1. The summed E-state index contributed by atoms with van der Waals surface area (Å²) < 4.78 is 0.235. The van der Waals surface area contributed by atoms with Crippen LogP contribution in [0.1, 0.15) is 19.8 Å². The highest BCUT2D eigenvalue weighted by molar-refractivity contribution is 8.00. The van der Waals surface area contributed by atoms with E-state index in [0.29, 0.717) is 0 Å². The van der Waals surface area contributed by atoms with Crippen molar-refractivity contribution < 1.29 is 4.79 Å². The molecule has 0 bridgehead atoms. The van der Waals surface area contributed by atoms with Gasteiger partial charge in [0, 0.05) is 31.4 Å². The summed E-state index contributed by atoms with van der Waals surface area (Å²) in [4.78, 5) is 13.8. The Morgan fingerprint density at radius 1 is 1.56 bits per heavy atom. The van der Waals surface area contributed by atoms with Crippen LogP contribution in [0, 0.1) is 0 Å². The van der Waals surface area contributed by atoms with E-state index in [-0.39, 0.29) is 16.7 Å². The SMILES string of the molecule is CNC(=O)C(C)N1CCC(CN)(SC)CC1. The highest BCUT2D eigenvalue weighted by Crippen LogP contribution is 2.33. The van der Waals surface area contributed by atoms with Crippen molar-refractivity contribution >= 4 is 17.7 Å². The third-order valence-corrected chi connectivity index (χ3v) is 5.13. The standard InChI is InChI=1S/C11H23N3OS/c1-9(10(15)13-2)14-6-4-11(8-12,16-3)5-7-14/h9H,4-8,12H2,1-3H3,(H,13,15). The van der Waals surface area contributed by atoms with Crippen molar-refractivity contribution in [3.63, 3.8) is 0 Å². The first-order valence-corrected chi connectivity index (χ1v) is 7.02. The summed E-state index contributed by atoms with van der Waals surface area (Å²) in [5.74, 6) is 0.101. The van der Waals surface area contributed by atoms with Crippen LogP contribution in [0.2, 0.25) is 0 Å². The molecule has 3 N–H and O–H groups in total. The lowest BCUT2D eigenvalue weighted by molar-refractivity contribution is -0.125. The average Bonchev–Trinajstić information content (AvgIpc) is 2.37. The van der Waals surface area contributed by atoms with Gasteiger partial charge in [0.15, 0.2) is 0 Å². The number of hydrogen-bond acceptors (Lipinski definition) is 4. The van der Waals surface area contributed by atoms with Gasteiger partial charge in [-0.2, -0.15) is 11.8 Å². The largest absolute Gasteiger partial charge is 0.358 e. The predicted molar refractivity (Wildman–Crippen MR) is 69.6 cm³/mol. The molecule has 1 fully saturated rings. The van der Waals surface area contributed by atoms with Gasteiger partial charge in [-0.25, -0.2) is 0 Å². The van der Waals surface area contributed by atoms with Crippen LogP contribution in [0.25, 0.3) is 0 Å². The minimum atomic E-state index is -0.0253. The lowest BCUT2D eigenvalue weighted by atomic mass is 9.95. The van der Waals surface area contributed by atoms with Crippen LogP contribution in [-0.4, -0.2) is 54.5 Å². The van der Waals surface area contributed by atoms with E-state index in [1.165, 1.54) is 0 Å². The Hall–Kier alpha value is -0.260. The Morgan fingerprint density at radius 3 is 2.50 bits per heavy atom. The number of nitrogens with two attached hydrogens (primary N) is 1. The fraction of sp³-hybridized carbons (Fsp3) is 0.909. The normalized spacial score (nSPS) is 22.8. The molecule has 4 nitrogen and oxygen atoms in total. The molecule has 0 aromatic rings. The maximum atomic E-state index is 11.5. The topological polar surface area (TPSA) is 58.4 Å². The Morgan fingerprint density at radius 2 is 2.12 bits per heavy atom. The molecule has 1 amide bonds. The van der Waals surface area contributed by atoms with E-state index >= 15 is 0 Å². The number of thioether (sulfide) groups is 1. The summed E-state index contributed by atoms with van der Waals surface area (Å²) >= 11 is 1.87. The van der Waals surface area contributed by atoms with Crippen LogP contribution in [0.4, 0.5) is 0 Å². The van der Waals surface area contributed by atoms with Crippen molar-refractivity contribution in [2.24, 2.45) is 5.73 Å². The minimum Gasteiger partial charge on any atom is -0.358 e. The van der Waals surface area contributed by atoms with E-state index in [2.05, 4.69) is 16.5 Å². The number of carbonyl (C=O) groups excluding carboxylic acids is 1. The van der Waals surface area contributed by atoms with Gasteiger partial charge in [-0.3, -0.25) is 9.69 Å². The molecule has 0 saturated carbocycles. The molecule has 1 aliphatic heterocycles. The molecule has 1 rings (SSSR count). The first-order valence-electron chi connectivity index (χ1n) is 5.79. The number of carbonyl (C=O) groups is 1. The Balaban J connectivity index is 2.51. The first kappa shape index (κ1) is 13.8. The van der Waals surface area contributed by atoms with Gasteiger partial charge in [0.05, 0.1) is 6.04 Å². The van der Waals surface area contributed by atoms with E-state index in [1.807, 2.05) is 18.7 Å². The minimum absolute atomic E-state index is 0.0253. The van der Waals surface area contributed by atoms with Crippen molar-refractivity contribution in [3.05, 3.63) is 0 Å². The summed E-state index contributed by atoms with van der Waals surface area (Å²) in [7, 11) is 1.69. The second-order valence-electron chi connectivity index (χ2n) is 4.42. The average molecular weight is 245 g/mol. The lowest BCUT2D eigenvalue weighted by Crippen LogP contribution is -2.52. The summed E-state index contributed by atoms with van der Waals surface area (Å²) in [6.07, 6.45) is 4.28. The number of nitrogens with one attached hydrogen (secondary N) is 1. The fourth-order valence-corrected chi connectivity index (χ4v) is 2.94. The third-order valence-electron chi connectivity index (χ3n) is 3.69. The van der Waals surface area contributed by atoms with Gasteiger partial charge in [0.2, 0.25) is 5.91 Å². The summed E-state index contributed by atoms with van der Waals surface area (Å²) in [5.41, 5.74) is 5.84. The van der Waals surface area contributed by atoms with Crippen molar-refractivity contribution in [2.45, 2.75) is 30.6 Å². The smallest absolute Gasteiger partial charge is 0.236 e. The third kappa shape index (κ3) is 2.90. The quantitative estimate of drug-likeness (QED) is 0.747. The van der Waals surface area contributed by atoms with E-state index in [4.69, 9.17) is 5.73 Å². The van der Waals surface area contributed by atoms with E-state index in [0.717, 1.165) is 32.5 Å². The van der Waals surface area contributed by atoms with E-state index < -0.39 is 0 Å². The van der Waals surface area contributed by atoms with Crippen LogP contribution < -0.4 is 11.1 Å². The van der Waals surface area contributed by atoms with Crippen LogP contribution >= 0.6 is 11.8 Å². The monoisotopic (exact) mass is 245 g/mol. The number of hydrogen-bond donors (Lipinski definition) is 2. The Labute approximate surface area is 102 Å². The maximum absolute atomic E-state index is 11.5. The lowest BCUT2D eigenvalue weighted by Gasteiger charge is -2.41. The number of likely N-dealkylation sites (N-methyl/N-ethyl adjacent to an activating group) is 1. The zero-order valence-electron chi connectivity index (χ0n) is 10.5. The van der Waals surface area contributed by atoms with Crippen molar-refractivity contribution in [3.8, 4) is 0 Å². The Bertz CT molecular complexity index is 233. The number of amides is 1. The zero-order valence-corrected chi connectivity index (χ0v) is 11.3. The van der Waals surface area contributed by atoms with Gasteiger partial charge in [0.25, 0.3) is 0 Å². The van der Waals surface area contributed by atoms with Crippen molar-refractivity contribution in [1.82, 2.24) is 10.2 Å². The maximum Gasteiger partial charge on any atom is 0.236 e. The van der Waals surface area contributed by atoms with E-state index in [9.17, 15) is 4.79 Å². The predicted octanol–water partition coefficient (Wildman–Crippen LogP) is 0.277. The highest BCUT2D eigenvalue weighted by atomic mass is 32.2. The number of piperidine rings is 1. The van der Waals surface area contributed by atoms with Crippen molar-refractivity contribution in [1.29, 1.82) is 0 Å². The second kappa shape index (κ2) is 5.89. The molecule has 94 valence electrons. The molecule has 5 heteroatoms. The number of rotatable bonds is 4. The molecule has 1 saturated heterocycles. The molecule has 1 aliphatic rings. The van der Waals surface area contributed by atoms with Crippen molar-refractivity contribution in [2.75, 3.05) is 32.9 Å². The molecule has 0 aliphatic carbocycles. The number of nitrogens with zero attached hydrogens (tertiary/aromatic N) is 1. The molecule has 1 heterocycles. The molecule has 0 aromatic heterocycles. The molecule has 1 unspecified atom stereocenters. The van der Waals surface area contributed by atoms with Crippen LogP contribution in [-0.2, 0) is 4.79 Å². The molecular weight excluding hydrogens is 222 g/mol.